The molecule has 0 aromatic heterocycles. The highest BCUT2D eigenvalue weighted by molar-refractivity contribution is 5.97. The lowest BCUT2D eigenvalue weighted by Crippen LogP contribution is -2.76. The first-order chi connectivity index (χ1) is 16.3. The average molecular weight is 489 g/mol. The first kappa shape index (κ1) is 23.3. The van der Waals surface area contributed by atoms with E-state index in [-0.39, 0.29) is 53.2 Å². The lowest BCUT2D eigenvalue weighted by molar-refractivity contribution is -0.406. The van der Waals surface area contributed by atoms with Crippen molar-refractivity contribution < 1.29 is 34.3 Å². The number of aliphatic hydroxyl groups is 3. The van der Waals surface area contributed by atoms with Gasteiger partial charge >= 0.3 is 0 Å². The Hall–Kier alpha value is -0.830. The van der Waals surface area contributed by atoms with Crippen LogP contribution in [0.15, 0.2) is 12.2 Å². The third-order valence-electron chi connectivity index (χ3n) is 12.9. The molecule has 35 heavy (non-hydrogen) atoms. The number of rotatable bonds is 0. The summed E-state index contributed by atoms with van der Waals surface area (Å²) in [4.78, 5) is 13.4. The topological polar surface area (TPSA) is 109 Å². The summed E-state index contributed by atoms with van der Waals surface area (Å²) >= 11 is 0. The molecule has 0 amide bonds. The summed E-state index contributed by atoms with van der Waals surface area (Å²) < 4.78 is 19.4. The van der Waals surface area contributed by atoms with E-state index in [2.05, 4.69) is 13.8 Å². The van der Waals surface area contributed by atoms with E-state index in [1.165, 1.54) is 0 Å². The lowest BCUT2D eigenvalue weighted by Gasteiger charge is -2.67. The molecule has 194 valence electrons. The molecule has 14 atom stereocenters. The number of ketones is 1. The number of carbonyl (C=O) groups excluding carboxylic acids is 1. The van der Waals surface area contributed by atoms with Crippen LogP contribution in [0.25, 0.3) is 0 Å². The lowest BCUT2D eigenvalue weighted by atomic mass is 9.43. The largest absolute Gasteiger partial charge is 0.386 e. The smallest absolute Gasteiger partial charge is 0.186 e. The maximum atomic E-state index is 13.4. The van der Waals surface area contributed by atoms with Gasteiger partial charge in [-0.3, -0.25) is 4.79 Å². The van der Waals surface area contributed by atoms with Crippen molar-refractivity contribution >= 4 is 5.78 Å². The molecule has 7 nitrogen and oxygen atoms in total. The van der Waals surface area contributed by atoms with Crippen LogP contribution in [0, 0.1) is 34.5 Å². The number of carbonyl (C=O) groups is 1. The van der Waals surface area contributed by atoms with Crippen LogP contribution in [0.5, 0.6) is 0 Å². The van der Waals surface area contributed by atoms with Gasteiger partial charge in [0.2, 0.25) is 0 Å². The predicted molar refractivity (Wildman–Crippen MR) is 125 cm³/mol. The quantitative estimate of drug-likeness (QED) is 0.450. The van der Waals surface area contributed by atoms with Crippen molar-refractivity contribution in [2.45, 2.75) is 120 Å². The second kappa shape index (κ2) is 6.41. The van der Waals surface area contributed by atoms with Crippen LogP contribution in [-0.2, 0) is 19.0 Å². The normalized spacial score (nSPS) is 66.5. The Bertz CT molecular complexity index is 1020. The molecule has 0 radical (unpaired) electrons. The van der Waals surface area contributed by atoms with Gasteiger partial charge in [-0.05, 0) is 76.7 Å². The Labute approximate surface area is 207 Å². The monoisotopic (exact) mass is 488 g/mol. The minimum absolute atomic E-state index is 0.0210. The maximum Gasteiger partial charge on any atom is 0.186 e. The predicted octanol–water partition coefficient (Wildman–Crippen LogP) is 2.50. The van der Waals surface area contributed by atoms with Crippen LogP contribution in [0.4, 0.5) is 0 Å². The van der Waals surface area contributed by atoms with E-state index in [1.54, 1.807) is 13.0 Å². The Kier molecular flexibility index (Phi) is 4.27. The van der Waals surface area contributed by atoms with E-state index in [4.69, 9.17) is 14.2 Å². The summed E-state index contributed by atoms with van der Waals surface area (Å²) in [5, 5.41) is 33.7. The highest BCUT2D eigenvalue weighted by Gasteiger charge is 2.80. The third kappa shape index (κ3) is 2.31. The van der Waals surface area contributed by atoms with Crippen LogP contribution < -0.4 is 0 Å². The maximum absolute atomic E-state index is 13.4. The number of fused-ring (bicyclic) bond motifs is 11. The molecule has 4 aliphatic carbocycles. The van der Waals surface area contributed by atoms with Crippen LogP contribution in [0.2, 0.25) is 0 Å². The molecule has 0 unspecified atom stereocenters. The molecular weight excluding hydrogens is 448 g/mol. The van der Waals surface area contributed by atoms with Crippen molar-refractivity contribution in [2.24, 2.45) is 34.5 Å². The van der Waals surface area contributed by atoms with Crippen LogP contribution in [-0.4, -0.2) is 68.1 Å². The Morgan fingerprint density at radius 1 is 1.03 bits per heavy atom. The van der Waals surface area contributed by atoms with Crippen molar-refractivity contribution in [3.63, 3.8) is 0 Å². The third-order valence-corrected chi connectivity index (χ3v) is 12.9. The fraction of sp³-hybridized carbons (Fsp3) is 0.893. The number of epoxide rings is 1. The minimum atomic E-state index is -1.51. The summed E-state index contributed by atoms with van der Waals surface area (Å²) in [5.74, 6) is 0.637. The molecule has 3 aliphatic heterocycles. The van der Waals surface area contributed by atoms with Gasteiger partial charge in [0.15, 0.2) is 12.1 Å². The summed E-state index contributed by atoms with van der Waals surface area (Å²) in [6.45, 7) is 10.1. The molecule has 3 saturated carbocycles. The van der Waals surface area contributed by atoms with E-state index in [1.807, 2.05) is 19.9 Å². The molecule has 7 rings (SSSR count). The summed E-state index contributed by atoms with van der Waals surface area (Å²) in [6.07, 6.45) is 6.26. The molecule has 3 N–H and O–H groups in total. The SMILES string of the molecule is C[C@@H]1[C@H]2C[C@@](C)(O[C@]13CC[C@H]1[C@@H]4[C@@H]5O[C@@H]5[C@@]5(O)CC=CC(=O)[C@]5(C)[C@H]4CC[C@]13C)[C@](C)(O)[C@@H](O)O2. The summed E-state index contributed by atoms with van der Waals surface area (Å²) in [6, 6.07) is 0. The van der Waals surface area contributed by atoms with E-state index in [9.17, 15) is 20.1 Å². The molecule has 2 bridgehead atoms. The zero-order valence-electron chi connectivity index (χ0n) is 21.5. The standard InChI is InChI=1S/C28H40O7/c1-14-17-13-24(3,26(5,31)22(30)33-17)35-28(14)12-9-15-19-16(8-11-23(15,28)2)25(4)18(29)7-6-10-27(25,32)21-20(19)34-21/h6-7,14-17,19-22,30-32H,8-13H2,1-5H3/t14-,15+,16+,17-,19+,20+,21+,22+,23-,24-,25+,26-,27+,28-/m1/s1. The van der Waals surface area contributed by atoms with Gasteiger partial charge in [-0.1, -0.05) is 19.9 Å². The van der Waals surface area contributed by atoms with Gasteiger partial charge in [-0.25, -0.2) is 0 Å². The highest BCUT2D eigenvalue weighted by atomic mass is 16.6. The minimum Gasteiger partial charge on any atom is -0.386 e. The number of hydrogen-bond donors (Lipinski definition) is 3. The molecule has 0 aromatic rings. The molecule has 1 spiro atoms. The zero-order chi connectivity index (χ0) is 25.0. The van der Waals surface area contributed by atoms with Gasteiger partial charge in [0.25, 0.3) is 0 Å². The van der Waals surface area contributed by atoms with Gasteiger partial charge < -0.3 is 29.5 Å². The molecular formula is C28H40O7. The van der Waals surface area contributed by atoms with Crippen molar-refractivity contribution in [3.05, 3.63) is 12.2 Å². The zero-order valence-corrected chi connectivity index (χ0v) is 21.5. The van der Waals surface area contributed by atoms with E-state index >= 15 is 0 Å². The molecule has 0 aromatic carbocycles. The number of allylic oxidation sites excluding steroid dienone is 1. The highest BCUT2D eigenvalue weighted by Crippen LogP contribution is 2.74. The Balaban J connectivity index is 1.30. The average Bonchev–Trinajstić information content (AvgIpc) is 3.54. The second-order valence-electron chi connectivity index (χ2n) is 13.8. The van der Waals surface area contributed by atoms with Crippen molar-refractivity contribution in [1.29, 1.82) is 0 Å². The van der Waals surface area contributed by atoms with Gasteiger partial charge in [0.05, 0.1) is 23.2 Å². The molecule has 3 heterocycles. The number of hydrogen-bond acceptors (Lipinski definition) is 7. The molecule has 6 fully saturated rings. The first-order valence-corrected chi connectivity index (χ1v) is 13.6. The fourth-order valence-corrected chi connectivity index (χ4v) is 10.4. The van der Waals surface area contributed by atoms with Gasteiger partial charge in [-0.2, -0.15) is 0 Å². The number of ether oxygens (including phenoxy) is 3. The van der Waals surface area contributed by atoms with Gasteiger partial charge in [0, 0.05) is 17.8 Å². The second-order valence-corrected chi connectivity index (χ2v) is 13.8. The first-order valence-electron chi connectivity index (χ1n) is 13.6. The number of aliphatic hydroxyl groups excluding tert-OH is 1. The van der Waals surface area contributed by atoms with E-state index in [0.717, 1.165) is 25.7 Å². The van der Waals surface area contributed by atoms with Gasteiger partial charge in [-0.15, -0.1) is 0 Å². The Morgan fingerprint density at radius 3 is 2.49 bits per heavy atom. The van der Waals surface area contributed by atoms with Crippen LogP contribution >= 0.6 is 0 Å². The van der Waals surface area contributed by atoms with Crippen molar-refractivity contribution in [1.82, 2.24) is 0 Å². The fourth-order valence-electron chi connectivity index (χ4n) is 10.4. The summed E-state index contributed by atoms with van der Waals surface area (Å²) in [5.41, 5.74) is -5.08. The van der Waals surface area contributed by atoms with Crippen molar-refractivity contribution in [2.75, 3.05) is 0 Å². The van der Waals surface area contributed by atoms with Crippen molar-refractivity contribution in [3.8, 4) is 0 Å². The van der Waals surface area contributed by atoms with E-state index < -0.39 is 34.1 Å². The van der Waals surface area contributed by atoms with Crippen LogP contribution in [0.3, 0.4) is 0 Å². The van der Waals surface area contributed by atoms with Crippen LogP contribution in [0.1, 0.15) is 73.1 Å². The Morgan fingerprint density at radius 2 is 1.74 bits per heavy atom. The summed E-state index contributed by atoms with van der Waals surface area (Å²) in [7, 11) is 0. The molecule has 7 aliphatic rings. The van der Waals surface area contributed by atoms with E-state index in [0.29, 0.717) is 12.8 Å². The molecule has 7 heteroatoms. The van der Waals surface area contributed by atoms with Gasteiger partial charge in [0.1, 0.15) is 22.9 Å². The molecule has 3 saturated heterocycles.